The summed E-state index contributed by atoms with van der Waals surface area (Å²) >= 11 is 3.40. The Kier molecular flexibility index (Phi) is 4.53. The number of nitrogens with one attached hydrogen (secondary N) is 1. The number of aryl methyl sites for hydroxylation is 1. The second-order valence-corrected chi connectivity index (χ2v) is 6.20. The molecule has 24 heavy (non-hydrogen) atoms. The summed E-state index contributed by atoms with van der Waals surface area (Å²) in [6, 6.07) is 7.84. The standard InChI is InChI=1S/C17H17BrN4O2/c1-3-21-15-14(16(23)22(4-2)17(21)24)19-13(20-15)10-7-11-5-8-12(18)9-6-11/h5-10H,3-4H2,1-2H3,(H,19,20)/b10-7+. The molecule has 0 saturated carbocycles. The van der Waals surface area contributed by atoms with Crippen molar-refractivity contribution in [1.29, 1.82) is 0 Å². The van der Waals surface area contributed by atoms with Crippen molar-refractivity contribution in [3.8, 4) is 0 Å². The highest BCUT2D eigenvalue weighted by Gasteiger charge is 2.14. The van der Waals surface area contributed by atoms with Crippen LogP contribution in [0.25, 0.3) is 23.3 Å². The van der Waals surface area contributed by atoms with Crippen molar-refractivity contribution in [2.24, 2.45) is 0 Å². The summed E-state index contributed by atoms with van der Waals surface area (Å²) in [5, 5.41) is 0. The predicted molar refractivity (Wildman–Crippen MR) is 99.0 cm³/mol. The van der Waals surface area contributed by atoms with Gasteiger partial charge in [-0.3, -0.25) is 13.9 Å². The van der Waals surface area contributed by atoms with Gasteiger partial charge >= 0.3 is 5.69 Å². The monoisotopic (exact) mass is 388 g/mol. The van der Waals surface area contributed by atoms with Crippen LogP contribution in [0.4, 0.5) is 0 Å². The summed E-state index contributed by atoms with van der Waals surface area (Å²) < 4.78 is 3.73. The van der Waals surface area contributed by atoms with Gasteiger partial charge in [0, 0.05) is 17.6 Å². The van der Waals surface area contributed by atoms with E-state index < -0.39 is 0 Å². The molecule has 0 aliphatic carbocycles. The molecule has 0 amide bonds. The van der Waals surface area contributed by atoms with E-state index in [1.807, 2.05) is 37.3 Å². The number of hydrogen-bond acceptors (Lipinski definition) is 3. The Balaban J connectivity index is 2.11. The topological polar surface area (TPSA) is 72.7 Å². The minimum Gasteiger partial charge on any atom is -0.333 e. The van der Waals surface area contributed by atoms with Gasteiger partial charge in [0.05, 0.1) is 0 Å². The first-order valence-electron chi connectivity index (χ1n) is 7.72. The van der Waals surface area contributed by atoms with Gasteiger partial charge in [0.25, 0.3) is 5.56 Å². The molecule has 3 aromatic rings. The van der Waals surface area contributed by atoms with Gasteiger partial charge in [-0.15, -0.1) is 0 Å². The van der Waals surface area contributed by atoms with E-state index in [4.69, 9.17) is 0 Å². The normalized spacial score (nSPS) is 11.6. The first-order valence-corrected chi connectivity index (χ1v) is 8.51. The summed E-state index contributed by atoms with van der Waals surface area (Å²) in [7, 11) is 0. The first kappa shape index (κ1) is 16.4. The third-order valence-corrected chi connectivity index (χ3v) is 4.34. The highest BCUT2D eigenvalue weighted by molar-refractivity contribution is 9.10. The SMILES string of the molecule is CCn1c(=O)c2[nH]c(/C=C/c3ccc(Br)cc3)nc2n(CC)c1=O. The fourth-order valence-electron chi connectivity index (χ4n) is 2.58. The predicted octanol–water partition coefficient (Wildman–Crippen LogP) is 2.86. The van der Waals surface area contributed by atoms with Crippen LogP contribution in [0.3, 0.4) is 0 Å². The largest absolute Gasteiger partial charge is 0.333 e. The van der Waals surface area contributed by atoms with Crippen molar-refractivity contribution in [2.45, 2.75) is 26.9 Å². The van der Waals surface area contributed by atoms with Crippen LogP contribution < -0.4 is 11.2 Å². The van der Waals surface area contributed by atoms with Gasteiger partial charge in [0.1, 0.15) is 11.3 Å². The minimum absolute atomic E-state index is 0.326. The Morgan fingerprint density at radius 2 is 1.75 bits per heavy atom. The highest BCUT2D eigenvalue weighted by atomic mass is 79.9. The van der Waals surface area contributed by atoms with E-state index in [-0.39, 0.29) is 11.2 Å². The average molecular weight is 389 g/mol. The zero-order chi connectivity index (χ0) is 17.3. The number of fused-ring (bicyclic) bond motifs is 1. The number of aromatic nitrogens is 4. The van der Waals surface area contributed by atoms with Crippen LogP contribution in [0.5, 0.6) is 0 Å². The average Bonchev–Trinajstić information content (AvgIpc) is 2.99. The molecule has 0 unspecified atom stereocenters. The molecule has 0 fully saturated rings. The maximum atomic E-state index is 12.4. The lowest BCUT2D eigenvalue weighted by atomic mass is 10.2. The molecule has 3 rings (SSSR count). The molecule has 6 nitrogen and oxygen atoms in total. The lowest BCUT2D eigenvalue weighted by Gasteiger charge is -2.06. The quantitative estimate of drug-likeness (QED) is 0.746. The molecular weight excluding hydrogens is 372 g/mol. The number of benzene rings is 1. The van der Waals surface area contributed by atoms with Crippen molar-refractivity contribution in [2.75, 3.05) is 0 Å². The third-order valence-electron chi connectivity index (χ3n) is 3.82. The van der Waals surface area contributed by atoms with Gasteiger partial charge in [0.15, 0.2) is 5.65 Å². The van der Waals surface area contributed by atoms with E-state index >= 15 is 0 Å². The number of imidazole rings is 1. The lowest BCUT2D eigenvalue weighted by Crippen LogP contribution is -2.39. The van der Waals surface area contributed by atoms with E-state index in [0.29, 0.717) is 30.1 Å². The van der Waals surface area contributed by atoms with Crippen molar-refractivity contribution in [3.05, 3.63) is 61.0 Å². The van der Waals surface area contributed by atoms with Gasteiger partial charge in [-0.1, -0.05) is 34.1 Å². The molecule has 2 heterocycles. The molecule has 0 aliphatic heterocycles. The Morgan fingerprint density at radius 1 is 1.08 bits per heavy atom. The van der Waals surface area contributed by atoms with Crippen LogP contribution in [0, 0.1) is 0 Å². The minimum atomic E-state index is -0.335. The molecule has 0 bridgehead atoms. The summed E-state index contributed by atoms with van der Waals surface area (Å²) in [5.74, 6) is 0.542. The second-order valence-electron chi connectivity index (χ2n) is 5.28. The van der Waals surface area contributed by atoms with E-state index in [0.717, 1.165) is 10.0 Å². The summed E-state index contributed by atoms with van der Waals surface area (Å²) in [6.07, 6.45) is 3.69. The number of hydrogen-bond donors (Lipinski definition) is 1. The zero-order valence-corrected chi connectivity index (χ0v) is 15.0. The summed E-state index contributed by atoms with van der Waals surface area (Å²) in [6.45, 7) is 4.42. The van der Waals surface area contributed by atoms with Crippen LogP contribution in [-0.4, -0.2) is 19.1 Å². The number of rotatable bonds is 4. The highest BCUT2D eigenvalue weighted by Crippen LogP contribution is 2.13. The van der Waals surface area contributed by atoms with Crippen molar-refractivity contribution in [1.82, 2.24) is 19.1 Å². The Morgan fingerprint density at radius 3 is 2.38 bits per heavy atom. The first-order chi connectivity index (χ1) is 11.5. The van der Waals surface area contributed by atoms with Crippen molar-refractivity contribution < 1.29 is 0 Å². The molecule has 0 saturated heterocycles. The fraction of sp³-hybridized carbons (Fsp3) is 0.235. The number of nitrogens with zero attached hydrogens (tertiary/aromatic N) is 3. The number of H-pyrrole nitrogens is 1. The summed E-state index contributed by atoms with van der Waals surface area (Å²) in [5.41, 5.74) is 1.10. The Hall–Kier alpha value is -2.41. The molecule has 124 valence electrons. The molecule has 0 spiro atoms. The molecule has 7 heteroatoms. The Labute approximate surface area is 146 Å². The van der Waals surface area contributed by atoms with Gasteiger partial charge in [-0.05, 0) is 37.6 Å². The van der Waals surface area contributed by atoms with Gasteiger partial charge in [-0.25, -0.2) is 9.78 Å². The molecular formula is C17H17BrN4O2. The number of halogens is 1. The number of aromatic amines is 1. The Bertz CT molecular complexity index is 1030. The molecule has 0 atom stereocenters. The maximum absolute atomic E-state index is 12.4. The van der Waals surface area contributed by atoms with E-state index in [2.05, 4.69) is 25.9 Å². The smallest absolute Gasteiger partial charge is 0.332 e. The molecule has 2 aromatic heterocycles. The van der Waals surface area contributed by atoms with Crippen LogP contribution in [0.15, 0.2) is 38.3 Å². The second kappa shape index (κ2) is 6.60. The van der Waals surface area contributed by atoms with Crippen LogP contribution in [-0.2, 0) is 13.1 Å². The summed E-state index contributed by atoms with van der Waals surface area (Å²) in [4.78, 5) is 32.2. The van der Waals surface area contributed by atoms with E-state index in [9.17, 15) is 9.59 Å². The van der Waals surface area contributed by atoms with Crippen LogP contribution in [0.1, 0.15) is 25.2 Å². The lowest BCUT2D eigenvalue weighted by molar-refractivity contribution is 0.605. The van der Waals surface area contributed by atoms with Crippen molar-refractivity contribution in [3.63, 3.8) is 0 Å². The fourth-order valence-corrected chi connectivity index (χ4v) is 2.84. The van der Waals surface area contributed by atoms with Crippen LogP contribution in [0.2, 0.25) is 0 Å². The van der Waals surface area contributed by atoms with Gasteiger partial charge in [0.2, 0.25) is 0 Å². The zero-order valence-electron chi connectivity index (χ0n) is 13.4. The molecule has 0 radical (unpaired) electrons. The van der Waals surface area contributed by atoms with Gasteiger partial charge < -0.3 is 4.98 Å². The third kappa shape index (κ3) is 2.87. The molecule has 1 aromatic carbocycles. The van der Waals surface area contributed by atoms with Crippen LogP contribution >= 0.6 is 15.9 Å². The van der Waals surface area contributed by atoms with E-state index in [1.54, 1.807) is 13.0 Å². The van der Waals surface area contributed by atoms with Crippen molar-refractivity contribution >= 4 is 39.2 Å². The molecule has 0 aliphatic rings. The van der Waals surface area contributed by atoms with E-state index in [1.165, 1.54) is 9.13 Å². The van der Waals surface area contributed by atoms with Gasteiger partial charge in [-0.2, -0.15) is 0 Å². The maximum Gasteiger partial charge on any atom is 0.332 e. The molecule has 1 N–H and O–H groups in total.